The number of nitrogens with two attached hydrogens (primary N) is 1. The number of carbonyl (C=O) groups is 1. The first-order valence-corrected chi connectivity index (χ1v) is 7.19. The van der Waals surface area contributed by atoms with Gasteiger partial charge in [-0.25, -0.2) is 0 Å². The van der Waals surface area contributed by atoms with E-state index in [4.69, 9.17) is 5.73 Å². The molecule has 0 aromatic carbocycles. The van der Waals surface area contributed by atoms with Crippen LogP contribution in [0.5, 0.6) is 0 Å². The van der Waals surface area contributed by atoms with Gasteiger partial charge >= 0.3 is 0 Å². The van der Waals surface area contributed by atoms with Crippen molar-refractivity contribution >= 4 is 5.91 Å². The van der Waals surface area contributed by atoms with E-state index in [1.165, 1.54) is 11.3 Å². The van der Waals surface area contributed by atoms with Gasteiger partial charge in [0.2, 0.25) is 5.91 Å². The van der Waals surface area contributed by atoms with Crippen molar-refractivity contribution in [3.63, 3.8) is 0 Å². The third-order valence-corrected chi connectivity index (χ3v) is 4.01. The molecular formula is C16H21N3O. The van der Waals surface area contributed by atoms with Crippen LogP contribution >= 0.6 is 0 Å². The molecule has 2 aliphatic rings. The minimum Gasteiger partial charge on any atom is -0.320 e. The van der Waals surface area contributed by atoms with Crippen molar-refractivity contribution in [3.05, 3.63) is 35.7 Å². The highest BCUT2D eigenvalue weighted by Gasteiger charge is 2.30. The zero-order valence-corrected chi connectivity index (χ0v) is 11.9. The molecule has 1 heterocycles. The standard InChI is InChI=1S/C16H21N3O/c1-12-6-5-9-19(14(10-12)11-17)16(20)15(18)13-7-3-2-4-8-13/h5-6,9-10,13,15H,2-4,7-8,18H2,1H3. The molecule has 0 spiro atoms. The summed E-state index contributed by atoms with van der Waals surface area (Å²) in [4.78, 5) is 14.0. The molecule has 0 saturated heterocycles. The highest BCUT2D eigenvalue weighted by Crippen LogP contribution is 2.27. The fourth-order valence-corrected chi connectivity index (χ4v) is 2.83. The Bertz CT molecular complexity index is 504. The van der Waals surface area contributed by atoms with Gasteiger partial charge in [0.1, 0.15) is 11.8 Å². The molecule has 1 aliphatic carbocycles. The zero-order valence-electron chi connectivity index (χ0n) is 11.9. The lowest BCUT2D eigenvalue weighted by Gasteiger charge is -2.29. The van der Waals surface area contributed by atoms with Crippen molar-refractivity contribution in [3.8, 4) is 6.07 Å². The van der Waals surface area contributed by atoms with Gasteiger partial charge in [-0.3, -0.25) is 9.69 Å². The molecule has 1 unspecified atom stereocenters. The average Bonchev–Trinajstić information content (AvgIpc) is 2.67. The third kappa shape index (κ3) is 3.17. The number of nitriles is 1. The number of allylic oxidation sites excluding steroid dienone is 5. The third-order valence-electron chi connectivity index (χ3n) is 4.01. The molecule has 1 aliphatic heterocycles. The van der Waals surface area contributed by atoms with Crippen LogP contribution in [0.2, 0.25) is 0 Å². The van der Waals surface area contributed by atoms with Gasteiger partial charge in [0.05, 0.1) is 6.04 Å². The Morgan fingerprint density at radius 3 is 2.80 bits per heavy atom. The van der Waals surface area contributed by atoms with Gasteiger partial charge in [-0.1, -0.05) is 25.3 Å². The topological polar surface area (TPSA) is 70.1 Å². The average molecular weight is 271 g/mol. The van der Waals surface area contributed by atoms with Gasteiger partial charge in [0.15, 0.2) is 0 Å². The Labute approximate surface area is 120 Å². The largest absolute Gasteiger partial charge is 0.320 e. The van der Waals surface area contributed by atoms with Crippen LogP contribution in [0.15, 0.2) is 35.7 Å². The summed E-state index contributed by atoms with van der Waals surface area (Å²) in [5, 5.41) is 9.23. The molecule has 4 heteroatoms. The van der Waals surface area contributed by atoms with Crippen LogP contribution in [-0.2, 0) is 4.79 Å². The van der Waals surface area contributed by atoms with Gasteiger partial charge < -0.3 is 5.73 Å². The second-order valence-corrected chi connectivity index (χ2v) is 5.53. The van der Waals surface area contributed by atoms with E-state index >= 15 is 0 Å². The van der Waals surface area contributed by atoms with E-state index in [0.29, 0.717) is 5.70 Å². The monoisotopic (exact) mass is 271 g/mol. The molecule has 1 amide bonds. The van der Waals surface area contributed by atoms with Gasteiger partial charge in [0, 0.05) is 6.20 Å². The predicted octanol–water partition coefficient (Wildman–Crippen LogP) is 2.60. The van der Waals surface area contributed by atoms with Gasteiger partial charge in [-0.15, -0.1) is 0 Å². The van der Waals surface area contributed by atoms with Crippen molar-refractivity contribution in [1.29, 1.82) is 5.26 Å². The van der Waals surface area contributed by atoms with Crippen LogP contribution < -0.4 is 5.73 Å². The van der Waals surface area contributed by atoms with E-state index in [9.17, 15) is 10.1 Å². The Morgan fingerprint density at radius 1 is 1.45 bits per heavy atom. The number of hydrogen-bond donors (Lipinski definition) is 1. The molecule has 0 aromatic rings. The number of rotatable bonds is 2. The van der Waals surface area contributed by atoms with Gasteiger partial charge in [-0.05, 0) is 43.4 Å². The first-order chi connectivity index (χ1) is 9.63. The molecule has 2 rings (SSSR count). The predicted molar refractivity (Wildman–Crippen MR) is 78.0 cm³/mol. The summed E-state index contributed by atoms with van der Waals surface area (Å²) in [7, 11) is 0. The Hall–Kier alpha value is -1.86. The second-order valence-electron chi connectivity index (χ2n) is 5.53. The molecule has 1 atom stereocenters. The van der Waals surface area contributed by atoms with Crippen LogP contribution in [-0.4, -0.2) is 16.8 Å². The zero-order chi connectivity index (χ0) is 14.5. The summed E-state index contributed by atoms with van der Waals surface area (Å²) in [5.41, 5.74) is 7.43. The van der Waals surface area contributed by atoms with Crippen LogP contribution in [0, 0.1) is 17.2 Å². The SMILES string of the molecule is CC1=CC=CN(C(=O)C(N)C2CCCCC2)C(C#N)=C1. The summed E-state index contributed by atoms with van der Waals surface area (Å²) >= 11 is 0. The number of hydrogen-bond acceptors (Lipinski definition) is 3. The molecule has 0 aromatic heterocycles. The Balaban J connectivity index is 2.15. The molecule has 1 saturated carbocycles. The smallest absolute Gasteiger partial charge is 0.248 e. The Kier molecular flexibility index (Phi) is 4.75. The van der Waals surface area contributed by atoms with Crippen molar-refractivity contribution in [2.45, 2.75) is 45.1 Å². The van der Waals surface area contributed by atoms with Crippen LogP contribution in [0.25, 0.3) is 0 Å². The molecule has 0 bridgehead atoms. The number of carbonyl (C=O) groups excluding carboxylic acids is 1. The van der Waals surface area contributed by atoms with Crippen molar-refractivity contribution in [1.82, 2.24) is 4.90 Å². The molecule has 20 heavy (non-hydrogen) atoms. The van der Waals surface area contributed by atoms with E-state index in [0.717, 1.165) is 31.3 Å². The summed E-state index contributed by atoms with van der Waals surface area (Å²) in [6, 6.07) is 1.56. The minimum atomic E-state index is -0.518. The number of amides is 1. The highest BCUT2D eigenvalue weighted by atomic mass is 16.2. The van der Waals surface area contributed by atoms with Crippen LogP contribution in [0.4, 0.5) is 0 Å². The molecule has 106 valence electrons. The minimum absolute atomic E-state index is 0.177. The number of nitrogens with zero attached hydrogens (tertiary/aromatic N) is 2. The van der Waals surface area contributed by atoms with Gasteiger partial charge in [-0.2, -0.15) is 5.26 Å². The first kappa shape index (κ1) is 14.5. The first-order valence-electron chi connectivity index (χ1n) is 7.19. The fourth-order valence-electron chi connectivity index (χ4n) is 2.83. The summed E-state index contributed by atoms with van der Waals surface area (Å²) in [6.45, 7) is 1.90. The van der Waals surface area contributed by atoms with Crippen LogP contribution in [0.3, 0.4) is 0 Å². The molecule has 4 nitrogen and oxygen atoms in total. The summed E-state index contributed by atoms with van der Waals surface area (Å²) < 4.78 is 0. The Morgan fingerprint density at radius 2 is 2.15 bits per heavy atom. The normalized spacial score (nSPS) is 21.6. The van der Waals surface area contributed by atoms with E-state index in [1.807, 2.05) is 13.0 Å². The molecule has 0 radical (unpaired) electrons. The van der Waals surface area contributed by atoms with E-state index in [2.05, 4.69) is 6.07 Å². The van der Waals surface area contributed by atoms with Crippen molar-refractivity contribution < 1.29 is 4.79 Å². The quantitative estimate of drug-likeness (QED) is 0.839. The van der Waals surface area contributed by atoms with E-state index < -0.39 is 6.04 Å². The van der Waals surface area contributed by atoms with Crippen LogP contribution in [0.1, 0.15) is 39.0 Å². The lowest BCUT2D eigenvalue weighted by Crippen LogP contribution is -2.46. The maximum atomic E-state index is 12.6. The van der Waals surface area contributed by atoms with E-state index in [1.54, 1.807) is 18.4 Å². The van der Waals surface area contributed by atoms with Gasteiger partial charge in [0.25, 0.3) is 0 Å². The molecule has 1 fully saturated rings. The summed E-state index contributed by atoms with van der Waals surface area (Å²) in [5.74, 6) is 0.0611. The summed E-state index contributed by atoms with van der Waals surface area (Å²) in [6.07, 6.45) is 12.5. The van der Waals surface area contributed by atoms with Crippen molar-refractivity contribution in [2.75, 3.05) is 0 Å². The van der Waals surface area contributed by atoms with Crippen molar-refractivity contribution in [2.24, 2.45) is 11.7 Å². The lowest BCUT2D eigenvalue weighted by atomic mass is 9.83. The fraction of sp³-hybridized carbons (Fsp3) is 0.500. The molecular weight excluding hydrogens is 250 g/mol. The maximum absolute atomic E-state index is 12.6. The van der Waals surface area contributed by atoms with E-state index in [-0.39, 0.29) is 11.8 Å². The molecule has 2 N–H and O–H groups in total. The maximum Gasteiger partial charge on any atom is 0.248 e. The lowest BCUT2D eigenvalue weighted by molar-refractivity contribution is -0.129. The second kappa shape index (κ2) is 6.53. The highest BCUT2D eigenvalue weighted by molar-refractivity contribution is 5.85.